The van der Waals surface area contributed by atoms with Crippen LogP contribution in [0.5, 0.6) is 0 Å². The van der Waals surface area contributed by atoms with E-state index >= 15 is 0 Å². The Balaban J connectivity index is 1.16. The molecule has 1 fully saturated rings. The summed E-state index contributed by atoms with van der Waals surface area (Å²) in [4.78, 5) is 0. The number of aryl methyl sites for hydroxylation is 1. The van der Waals surface area contributed by atoms with Crippen LogP contribution in [-0.2, 0) is 12.8 Å². The van der Waals surface area contributed by atoms with Crippen molar-refractivity contribution in [2.24, 2.45) is 23.7 Å². The Bertz CT molecular complexity index is 2530. The van der Waals surface area contributed by atoms with E-state index in [1.165, 1.54) is 94.4 Å². The molecular formula is C46H32. The minimum absolute atomic E-state index is 0.544. The van der Waals surface area contributed by atoms with Crippen LogP contribution in [0, 0.1) is 23.7 Å². The van der Waals surface area contributed by atoms with Gasteiger partial charge in [-0.1, -0.05) is 91.0 Å². The first-order chi connectivity index (χ1) is 22.8. The largest absolute Gasteiger partial charge is 0.0802 e. The molecule has 0 heteroatoms. The summed E-state index contributed by atoms with van der Waals surface area (Å²) in [6.45, 7) is 0. The zero-order chi connectivity index (χ0) is 29.7. The molecule has 0 bridgehead atoms. The van der Waals surface area contributed by atoms with Crippen molar-refractivity contribution in [3.05, 3.63) is 160 Å². The van der Waals surface area contributed by atoms with Gasteiger partial charge in [0.1, 0.15) is 0 Å². The molecule has 0 radical (unpaired) electrons. The van der Waals surface area contributed by atoms with Crippen LogP contribution in [0.3, 0.4) is 0 Å². The quantitative estimate of drug-likeness (QED) is 0.177. The van der Waals surface area contributed by atoms with E-state index in [-0.39, 0.29) is 0 Å². The maximum atomic E-state index is 2.66. The van der Waals surface area contributed by atoms with Crippen molar-refractivity contribution in [3.8, 4) is 11.1 Å². The number of allylic oxidation sites excluding steroid dienone is 7. The van der Waals surface area contributed by atoms with Crippen LogP contribution in [0.25, 0.3) is 60.2 Å². The van der Waals surface area contributed by atoms with Gasteiger partial charge in [-0.2, -0.15) is 0 Å². The molecule has 0 spiro atoms. The summed E-state index contributed by atoms with van der Waals surface area (Å²) in [7, 11) is 0. The second-order valence-corrected chi connectivity index (χ2v) is 14.7. The van der Waals surface area contributed by atoms with Crippen molar-refractivity contribution in [1.29, 1.82) is 0 Å². The first-order valence-electron chi connectivity index (χ1n) is 17.3. The van der Waals surface area contributed by atoms with Gasteiger partial charge in [0.05, 0.1) is 0 Å². The average Bonchev–Trinajstić information content (AvgIpc) is 3.75. The lowest BCUT2D eigenvalue weighted by Crippen LogP contribution is -2.19. The molecule has 0 saturated heterocycles. The zero-order valence-corrected chi connectivity index (χ0v) is 25.7. The van der Waals surface area contributed by atoms with Gasteiger partial charge in [0.25, 0.3) is 0 Å². The van der Waals surface area contributed by atoms with Crippen LogP contribution < -0.4 is 0 Å². The standard InChI is InChI=1S/C46H32/c1-2-7-25(8-3-1)17-28-20-38-30(16-15-27-18-39-32-11-4-9-26-10-5-12-33(45(26)32)41(39)22-36(27)38)40-24-42-34-14-6-13-31-35-19-29(35)21-44(46(31)34)43(42)23-37(28)40/h1-3,5-8,10-16,18,20-24,29,31,35,46H,4,9,17,19H2. The summed E-state index contributed by atoms with van der Waals surface area (Å²) < 4.78 is 0. The molecule has 0 amide bonds. The van der Waals surface area contributed by atoms with E-state index in [9.17, 15) is 0 Å². The highest BCUT2D eigenvalue weighted by atomic mass is 14.6. The van der Waals surface area contributed by atoms with E-state index in [1.54, 1.807) is 11.1 Å². The van der Waals surface area contributed by atoms with Gasteiger partial charge in [-0.15, -0.1) is 0 Å². The predicted octanol–water partition coefficient (Wildman–Crippen LogP) is 11.3. The number of rotatable bonds is 2. The summed E-state index contributed by atoms with van der Waals surface area (Å²) in [6, 6.07) is 35.6. The Hall–Kier alpha value is -4.94. The third-order valence-corrected chi connectivity index (χ3v) is 12.4. The minimum Gasteiger partial charge on any atom is -0.0802 e. The molecule has 0 aliphatic heterocycles. The minimum atomic E-state index is 0.544. The first kappa shape index (κ1) is 24.3. The summed E-state index contributed by atoms with van der Waals surface area (Å²) >= 11 is 0. The van der Waals surface area contributed by atoms with Gasteiger partial charge in [0, 0.05) is 5.92 Å². The number of fused-ring (bicyclic) bond motifs is 13. The van der Waals surface area contributed by atoms with Gasteiger partial charge in [0.15, 0.2) is 0 Å². The molecule has 0 N–H and O–H groups in total. The van der Waals surface area contributed by atoms with Gasteiger partial charge in [-0.05, 0) is 173 Å². The van der Waals surface area contributed by atoms with Crippen molar-refractivity contribution in [1.82, 2.24) is 0 Å². The fraction of sp³-hybridized carbons (Fsp3) is 0.174. The summed E-state index contributed by atoms with van der Waals surface area (Å²) in [5.41, 5.74) is 17.6. The molecule has 6 aliphatic carbocycles. The van der Waals surface area contributed by atoms with Crippen LogP contribution in [0.1, 0.15) is 51.8 Å². The molecule has 1 saturated carbocycles. The average molecular weight is 585 g/mol. The molecule has 0 nitrogen and oxygen atoms in total. The number of hydrogen-bond acceptors (Lipinski definition) is 0. The molecule has 6 aliphatic rings. The third-order valence-electron chi connectivity index (χ3n) is 12.4. The second-order valence-electron chi connectivity index (χ2n) is 14.7. The van der Waals surface area contributed by atoms with Gasteiger partial charge in [0.2, 0.25) is 0 Å². The van der Waals surface area contributed by atoms with E-state index in [1.807, 2.05) is 0 Å². The predicted molar refractivity (Wildman–Crippen MR) is 193 cm³/mol. The molecule has 12 rings (SSSR count). The summed E-state index contributed by atoms with van der Waals surface area (Å²) in [5, 5.41) is 8.31. The SMILES string of the molecule is C1=CC2C3C(=CC4CC42)c2cc4c(Cc5ccccc5)cc5c6cc7c(cc6ccc5c4cc2C3=C1)C1=CCCc2cccc-7c21. The van der Waals surface area contributed by atoms with E-state index < -0.39 is 0 Å². The molecule has 6 aromatic rings. The third kappa shape index (κ3) is 3.06. The molecule has 216 valence electrons. The van der Waals surface area contributed by atoms with E-state index in [0.717, 1.165) is 31.1 Å². The Morgan fingerprint density at radius 1 is 0.652 bits per heavy atom. The van der Waals surface area contributed by atoms with Crippen LogP contribution in [0.4, 0.5) is 0 Å². The van der Waals surface area contributed by atoms with Crippen molar-refractivity contribution < 1.29 is 0 Å². The normalized spacial score (nSPS) is 23.8. The lowest BCUT2D eigenvalue weighted by molar-refractivity contribution is 0.482. The highest BCUT2D eigenvalue weighted by molar-refractivity contribution is 6.21. The smallest absolute Gasteiger partial charge is 0.0164 e. The molecule has 0 heterocycles. The monoisotopic (exact) mass is 584 g/mol. The van der Waals surface area contributed by atoms with Crippen LogP contribution in [0.15, 0.2) is 121 Å². The Labute approximate surface area is 269 Å². The fourth-order valence-electron chi connectivity index (χ4n) is 10.3. The summed E-state index contributed by atoms with van der Waals surface area (Å²) in [6.07, 6.45) is 17.0. The van der Waals surface area contributed by atoms with Crippen molar-refractivity contribution in [2.75, 3.05) is 0 Å². The maximum Gasteiger partial charge on any atom is 0.0164 e. The molecule has 0 aromatic heterocycles. The van der Waals surface area contributed by atoms with Crippen LogP contribution in [0.2, 0.25) is 0 Å². The topological polar surface area (TPSA) is 0 Å². The van der Waals surface area contributed by atoms with Crippen molar-refractivity contribution in [3.63, 3.8) is 0 Å². The van der Waals surface area contributed by atoms with Gasteiger partial charge >= 0.3 is 0 Å². The fourth-order valence-corrected chi connectivity index (χ4v) is 10.3. The molecule has 4 unspecified atom stereocenters. The van der Waals surface area contributed by atoms with E-state index in [2.05, 4.69) is 121 Å². The van der Waals surface area contributed by atoms with E-state index in [4.69, 9.17) is 0 Å². The Kier molecular flexibility index (Phi) is 4.46. The Morgan fingerprint density at radius 3 is 2.48 bits per heavy atom. The first-order valence-corrected chi connectivity index (χ1v) is 17.3. The lowest BCUT2D eigenvalue weighted by atomic mass is 9.74. The van der Waals surface area contributed by atoms with Gasteiger partial charge in [-0.3, -0.25) is 0 Å². The molecular weight excluding hydrogens is 553 g/mol. The molecule has 6 aromatic carbocycles. The van der Waals surface area contributed by atoms with Crippen LogP contribution in [-0.4, -0.2) is 0 Å². The highest BCUT2D eigenvalue weighted by Gasteiger charge is 2.52. The van der Waals surface area contributed by atoms with Gasteiger partial charge in [-0.25, -0.2) is 0 Å². The van der Waals surface area contributed by atoms with Gasteiger partial charge < -0.3 is 0 Å². The molecule has 46 heavy (non-hydrogen) atoms. The van der Waals surface area contributed by atoms with Crippen molar-refractivity contribution in [2.45, 2.75) is 25.7 Å². The lowest BCUT2D eigenvalue weighted by Gasteiger charge is -2.29. The maximum absolute atomic E-state index is 2.66. The van der Waals surface area contributed by atoms with Crippen molar-refractivity contribution >= 4 is 49.0 Å². The second kappa shape index (κ2) is 8.45. The Morgan fingerprint density at radius 2 is 1.52 bits per heavy atom. The number of benzene rings is 6. The van der Waals surface area contributed by atoms with E-state index in [0.29, 0.717) is 11.8 Å². The van der Waals surface area contributed by atoms with Crippen LogP contribution >= 0.6 is 0 Å². The molecule has 4 atom stereocenters. The number of hydrogen-bond donors (Lipinski definition) is 0. The zero-order valence-electron chi connectivity index (χ0n) is 25.7. The highest BCUT2D eigenvalue weighted by Crippen LogP contribution is 2.64. The summed E-state index contributed by atoms with van der Waals surface area (Å²) in [5.74, 6) is 2.84.